The standard InChI is InChI=1S/C60H34Cl4N4/c61-53-48-32-38-30-29-37(65-38)31-47-49(43-25-9-17-33-13-1-5-21-39(33)43)50(44-26-10-18-34-14-2-6-22-40(34)44)57(66-47)52(46-28-12-20-36-16-4-8-24-42(36)46)58-51(45-27-11-19-35-15-3-7-23-41(35)45)54(62)59(68-58)56(64)60(67-48)55(53)63/h1-32,66-67H. The topological polar surface area (TPSA) is 57.4 Å². The van der Waals surface area contributed by atoms with E-state index in [1.165, 1.54) is 0 Å². The van der Waals surface area contributed by atoms with E-state index in [4.69, 9.17) is 56.4 Å². The van der Waals surface area contributed by atoms with Gasteiger partial charge in [0.1, 0.15) is 5.69 Å². The highest BCUT2D eigenvalue weighted by Crippen LogP contribution is 2.52. The molecule has 4 nitrogen and oxygen atoms in total. The van der Waals surface area contributed by atoms with Gasteiger partial charge >= 0.3 is 0 Å². The Kier molecular flexibility index (Phi) is 9.67. The highest BCUT2D eigenvalue weighted by atomic mass is 35.5. The first-order valence-corrected chi connectivity index (χ1v) is 23.8. The monoisotopic (exact) mass is 950 g/mol. The van der Waals surface area contributed by atoms with E-state index < -0.39 is 0 Å². The Hall–Kier alpha value is -7.44. The molecule has 11 aromatic rings. The van der Waals surface area contributed by atoms with Crippen LogP contribution in [-0.2, 0) is 0 Å². The van der Waals surface area contributed by atoms with Crippen molar-refractivity contribution < 1.29 is 0 Å². The molecule has 8 heteroatoms. The molecular weight excluding hydrogens is 918 g/mol. The van der Waals surface area contributed by atoms with Crippen molar-refractivity contribution in [2.75, 3.05) is 0 Å². The van der Waals surface area contributed by atoms with Crippen LogP contribution in [0, 0.1) is 0 Å². The number of hydrogen-bond donors (Lipinski definition) is 2. The van der Waals surface area contributed by atoms with Crippen molar-refractivity contribution in [2.45, 2.75) is 0 Å². The highest BCUT2D eigenvalue weighted by Gasteiger charge is 2.31. The Balaban J connectivity index is 1.36. The van der Waals surface area contributed by atoms with E-state index in [1.54, 1.807) is 0 Å². The smallest absolute Gasteiger partial charge is 0.104 e. The van der Waals surface area contributed by atoms with Crippen LogP contribution in [0.1, 0.15) is 28.3 Å². The van der Waals surface area contributed by atoms with Gasteiger partial charge in [0.25, 0.3) is 0 Å². The predicted octanol–water partition coefficient (Wildman–Crippen LogP) is 18.2. The fraction of sp³-hybridized carbons (Fsp3) is 0. The zero-order chi connectivity index (χ0) is 45.6. The van der Waals surface area contributed by atoms with Crippen LogP contribution in [-0.4, -0.2) is 19.9 Å². The van der Waals surface area contributed by atoms with Gasteiger partial charge in [0.05, 0.1) is 53.7 Å². The van der Waals surface area contributed by atoms with Crippen LogP contribution >= 0.6 is 46.4 Å². The number of nitrogens with one attached hydrogen (secondary N) is 2. The predicted molar refractivity (Wildman–Crippen MR) is 290 cm³/mol. The van der Waals surface area contributed by atoms with Gasteiger partial charge in [-0.3, -0.25) is 0 Å². The lowest BCUT2D eigenvalue weighted by molar-refractivity contribution is 1.30. The minimum Gasteiger partial charge on any atom is -0.354 e. The maximum atomic E-state index is 7.90. The van der Waals surface area contributed by atoms with Gasteiger partial charge in [-0.05, 0) is 89.6 Å². The molecule has 13 rings (SSSR count). The van der Waals surface area contributed by atoms with E-state index in [9.17, 15) is 0 Å². The average molecular weight is 953 g/mol. The molecule has 0 amide bonds. The Morgan fingerprint density at radius 2 is 0.765 bits per heavy atom. The van der Waals surface area contributed by atoms with E-state index in [0.717, 1.165) is 104 Å². The first-order chi connectivity index (χ1) is 33.4. The molecule has 8 bridgehead atoms. The summed E-state index contributed by atoms with van der Waals surface area (Å²) in [5.41, 5.74) is 12.6. The van der Waals surface area contributed by atoms with Gasteiger partial charge in [-0.15, -0.1) is 0 Å². The van der Waals surface area contributed by atoms with Gasteiger partial charge in [0.15, 0.2) is 0 Å². The lowest BCUT2D eigenvalue weighted by Gasteiger charge is -2.16. The molecule has 0 saturated heterocycles. The second-order valence-corrected chi connectivity index (χ2v) is 18.6. The third-order valence-corrected chi connectivity index (χ3v) is 14.8. The van der Waals surface area contributed by atoms with Crippen molar-refractivity contribution in [1.82, 2.24) is 19.9 Å². The molecule has 0 atom stereocenters. The van der Waals surface area contributed by atoms with Crippen LogP contribution in [0.5, 0.6) is 0 Å². The molecule has 2 aliphatic heterocycles. The maximum Gasteiger partial charge on any atom is 0.104 e. The largest absolute Gasteiger partial charge is 0.354 e. The Morgan fingerprint density at radius 1 is 0.338 bits per heavy atom. The average Bonchev–Trinajstić information content (AvgIpc) is 4.14. The van der Waals surface area contributed by atoms with Gasteiger partial charge < -0.3 is 9.97 Å². The van der Waals surface area contributed by atoms with Crippen LogP contribution < -0.4 is 0 Å². The fourth-order valence-electron chi connectivity index (χ4n) is 10.2. The van der Waals surface area contributed by atoms with Gasteiger partial charge in [-0.2, -0.15) is 0 Å². The molecule has 0 unspecified atom stereocenters. The summed E-state index contributed by atoms with van der Waals surface area (Å²) in [6, 6.07) is 63.8. The van der Waals surface area contributed by atoms with Crippen molar-refractivity contribution in [3.8, 4) is 33.4 Å². The number of aromatic amines is 2. The third kappa shape index (κ3) is 6.44. The van der Waals surface area contributed by atoms with Gasteiger partial charge in [0, 0.05) is 27.8 Å². The van der Waals surface area contributed by atoms with Crippen molar-refractivity contribution in [2.24, 2.45) is 0 Å². The first kappa shape index (κ1) is 40.8. The number of benzene rings is 8. The lowest BCUT2D eigenvalue weighted by atomic mass is 9.86. The van der Waals surface area contributed by atoms with Crippen molar-refractivity contribution >= 4 is 134 Å². The summed E-state index contributed by atoms with van der Waals surface area (Å²) >= 11 is 29.6. The normalized spacial score (nSPS) is 12.6. The van der Waals surface area contributed by atoms with Gasteiger partial charge in [-0.25, -0.2) is 9.97 Å². The molecule has 5 heterocycles. The molecule has 3 aromatic heterocycles. The Labute approximate surface area is 410 Å². The number of H-pyrrole nitrogens is 2. The summed E-state index contributed by atoms with van der Waals surface area (Å²) < 4.78 is 0. The molecule has 2 N–H and O–H groups in total. The lowest BCUT2D eigenvalue weighted by Crippen LogP contribution is -1.95. The van der Waals surface area contributed by atoms with Crippen LogP contribution in [0.3, 0.4) is 0 Å². The first-order valence-electron chi connectivity index (χ1n) is 22.3. The summed E-state index contributed by atoms with van der Waals surface area (Å²) in [6.07, 6.45) is 3.99. The molecule has 0 spiro atoms. The Bertz CT molecular complexity index is 4190. The molecule has 0 fully saturated rings. The van der Waals surface area contributed by atoms with Crippen molar-refractivity contribution in [3.05, 3.63) is 225 Å². The number of aromatic nitrogens is 4. The van der Waals surface area contributed by atoms with E-state index in [2.05, 4.69) is 180 Å². The van der Waals surface area contributed by atoms with Gasteiger partial charge in [0.2, 0.25) is 0 Å². The fourth-order valence-corrected chi connectivity index (χ4v) is 11.4. The molecule has 0 saturated carbocycles. The van der Waals surface area contributed by atoms with Crippen LogP contribution in [0.25, 0.3) is 121 Å². The van der Waals surface area contributed by atoms with Crippen LogP contribution in [0.2, 0.25) is 15.1 Å². The summed E-state index contributed by atoms with van der Waals surface area (Å²) in [6.45, 7) is 0. The third-order valence-electron chi connectivity index (χ3n) is 13.2. The number of hydrogen-bond acceptors (Lipinski definition) is 2. The summed E-state index contributed by atoms with van der Waals surface area (Å²) in [5, 5.41) is 9.79. The van der Waals surface area contributed by atoms with E-state index >= 15 is 0 Å². The summed E-state index contributed by atoms with van der Waals surface area (Å²) in [7, 11) is 0. The second-order valence-electron chi connectivity index (χ2n) is 17.1. The number of rotatable bonds is 4. The molecule has 0 aliphatic carbocycles. The van der Waals surface area contributed by atoms with E-state index in [1.807, 2.05) is 24.3 Å². The Morgan fingerprint density at radius 3 is 1.31 bits per heavy atom. The minimum absolute atomic E-state index is 0.223. The zero-order valence-electron chi connectivity index (χ0n) is 35.9. The van der Waals surface area contributed by atoms with Crippen LogP contribution in [0.4, 0.5) is 0 Å². The zero-order valence-corrected chi connectivity index (χ0v) is 38.9. The molecule has 68 heavy (non-hydrogen) atoms. The molecule has 0 radical (unpaired) electrons. The summed E-state index contributed by atoms with van der Waals surface area (Å²) in [5.74, 6) is 0. The molecule has 8 aromatic carbocycles. The second kappa shape index (κ2) is 16.1. The molecular formula is C60H34Cl4N4. The summed E-state index contributed by atoms with van der Waals surface area (Å²) in [4.78, 5) is 18.3. The number of nitrogens with zero attached hydrogens (tertiary/aromatic N) is 2. The quantitative estimate of drug-likeness (QED) is 0.185. The maximum absolute atomic E-state index is 7.90. The SMILES string of the molecule is ClC1=C(c2cccc3ccccc23)c2nc1c(Cl)c1[nH]c(cc3nc(cc4[nH]c(c2-c2cccc5ccccc25)c(-c2cccc5ccccc25)c4-c2cccc4ccccc24)C=C3)c(Cl)c1Cl. The van der Waals surface area contributed by atoms with Gasteiger partial charge in [-0.1, -0.05) is 216 Å². The molecule has 2 aliphatic rings. The van der Waals surface area contributed by atoms with E-state index in [-0.39, 0.29) is 10.0 Å². The van der Waals surface area contributed by atoms with Crippen molar-refractivity contribution in [1.29, 1.82) is 0 Å². The molecule has 322 valence electrons. The number of fused-ring (bicyclic) bond motifs is 12. The van der Waals surface area contributed by atoms with E-state index in [0.29, 0.717) is 38.2 Å². The van der Waals surface area contributed by atoms with Crippen molar-refractivity contribution in [3.63, 3.8) is 0 Å². The van der Waals surface area contributed by atoms with Crippen LogP contribution in [0.15, 0.2) is 182 Å². The highest BCUT2D eigenvalue weighted by molar-refractivity contribution is 6.56. The minimum atomic E-state index is 0.223. The number of halogens is 4.